The highest BCUT2D eigenvalue weighted by Gasteiger charge is 2.50. The number of hydrogen-bond acceptors (Lipinski definition) is 5. The molecule has 172 valence electrons. The third-order valence-corrected chi connectivity index (χ3v) is 7.37. The number of carbonyl (C=O) groups excluding carboxylic acids is 1. The molecular weight excluding hydrogens is 453 g/mol. The van der Waals surface area contributed by atoms with E-state index in [1.165, 1.54) is 6.07 Å². The second-order valence-electron chi connectivity index (χ2n) is 9.09. The molecule has 0 aliphatic carbocycles. The van der Waals surface area contributed by atoms with Crippen LogP contribution in [0.15, 0.2) is 60.9 Å². The van der Waals surface area contributed by atoms with E-state index in [4.69, 9.17) is 16.6 Å². The molecule has 2 bridgehead atoms. The molecule has 2 fully saturated rings. The topological polar surface area (TPSA) is 62.5 Å². The number of nitrogens with zero attached hydrogens (tertiary/aromatic N) is 4. The van der Waals surface area contributed by atoms with Crippen molar-refractivity contribution in [2.45, 2.75) is 30.8 Å². The van der Waals surface area contributed by atoms with E-state index >= 15 is 4.39 Å². The zero-order valence-electron chi connectivity index (χ0n) is 18.4. The molecule has 2 unspecified atom stereocenters. The van der Waals surface area contributed by atoms with Crippen LogP contribution >= 0.6 is 11.6 Å². The van der Waals surface area contributed by atoms with Crippen molar-refractivity contribution in [1.82, 2.24) is 19.7 Å². The molecule has 3 aromatic heterocycles. The lowest BCUT2D eigenvalue weighted by Gasteiger charge is -2.47. The van der Waals surface area contributed by atoms with Gasteiger partial charge in [-0.1, -0.05) is 23.7 Å². The molecule has 0 amide bonds. The van der Waals surface area contributed by atoms with Crippen LogP contribution in [0.1, 0.15) is 28.9 Å². The van der Waals surface area contributed by atoms with E-state index in [1.54, 1.807) is 18.3 Å². The predicted octanol–water partition coefficient (Wildman–Crippen LogP) is 4.55. The molecule has 1 aromatic carbocycles. The average Bonchev–Trinajstić information content (AvgIpc) is 3.31. The highest BCUT2D eigenvalue weighted by molar-refractivity contribution is 6.30. The highest BCUT2D eigenvalue weighted by atomic mass is 35.5. The first-order valence-corrected chi connectivity index (χ1v) is 11.8. The first-order chi connectivity index (χ1) is 16.6. The molecule has 2 aliphatic heterocycles. The Morgan fingerprint density at radius 2 is 2.12 bits per heavy atom. The summed E-state index contributed by atoms with van der Waals surface area (Å²) in [5.74, 6) is -0.451. The number of imidazole rings is 1. The van der Waals surface area contributed by atoms with Crippen molar-refractivity contribution in [3.05, 3.63) is 83.0 Å². The van der Waals surface area contributed by atoms with Crippen LogP contribution in [0, 0.1) is 5.82 Å². The lowest BCUT2D eigenvalue weighted by atomic mass is 9.88. The smallest absolute Gasteiger partial charge is 0.156 e. The van der Waals surface area contributed by atoms with Crippen molar-refractivity contribution in [2.75, 3.05) is 18.0 Å². The first kappa shape index (κ1) is 21.3. The zero-order valence-corrected chi connectivity index (χ0v) is 19.2. The van der Waals surface area contributed by atoms with Gasteiger partial charge in [0.2, 0.25) is 0 Å². The van der Waals surface area contributed by atoms with Crippen molar-refractivity contribution in [3.63, 3.8) is 0 Å². The molecule has 2 aliphatic rings. The van der Waals surface area contributed by atoms with Crippen LogP contribution in [0.5, 0.6) is 0 Å². The second-order valence-corrected chi connectivity index (χ2v) is 9.53. The fourth-order valence-electron chi connectivity index (χ4n) is 5.66. The Hall–Kier alpha value is -3.29. The fraction of sp³-hybridized carbons (Fsp3) is 0.269. The molecule has 6 nitrogen and oxygen atoms in total. The summed E-state index contributed by atoms with van der Waals surface area (Å²) in [4.78, 5) is 23.1. The van der Waals surface area contributed by atoms with Gasteiger partial charge in [-0.15, -0.1) is 0 Å². The number of anilines is 1. The maximum absolute atomic E-state index is 15.4. The Bertz CT molecular complexity index is 1380. The van der Waals surface area contributed by atoms with E-state index < -0.39 is 5.82 Å². The average molecular weight is 476 g/mol. The molecule has 6 rings (SSSR count). The number of pyridine rings is 2. The van der Waals surface area contributed by atoms with Gasteiger partial charge in [-0.3, -0.25) is 9.78 Å². The van der Waals surface area contributed by atoms with Crippen LogP contribution in [0.2, 0.25) is 5.02 Å². The number of fused-ring (bicyclic) bond motifs is 3. The number of carbonyl (C=O) groups is 1. The Labute approximate surface area is 201 Å². The Morgan fingerprint density at radius 3 is 2.94 bits per heavy atom. The SMILES string of the molecule is O=Cc1cccc(N2C3CCC2(Cc2c(-c4ccc(Cl)cn4)nc4ccccn24)CNC3)c1F. The second kappa shape index (κ2) is 8.18. The van der Waals surface area contributed by atoms with E-state index in [-0.39, 0.29) is 17.1 Å². The summed E-state index contributed by atoms with van der Waals surface area (Å²) in [6.45, 7) is 1.49. The van der Waals surface area contributed by atoms with E-state index in [1.807, 2.05) is 36.5 Å². The summed E-state index contributed by atoms with van der Waals surface area (Å²) in [5, 5.41) is 4.14. The number of benzene rings is 1. The monoisotopic (exact) mass is 475 g/mol. The standard InChI is InChI=1S/C26H23ClFN5O/c27-18-7-8-20(30-13-18)25-22(32-11-2-1-6-23(32)31-25)12-26-10-9-19(14-29-16-26)33(26)21-5-3-4-17(15-34)24(21)28/h1-8,11,13,15,19,29H,9-10,12,14,16H2. The summed E-state index contributed by atoms with van der Waals surface area (Å²) in [5.41, 5.74) is 3.62. The van der Waals surface area contributed by atoms with E-state index in [0.29, 0.717) is 30.0 Å². The van der Waals surface area contributed by atoms with Gasteiger partial charge in [0.15, 0.2) is 12.1 Å². The number of rotatable bonds is 5. The van der Waals surface area contributed by atoms with Gasteiger partial charge >= 0.3 is 0 Å². The molecule has 0 radical (unpaired) electrons. The van der Waals surface area contributed by atoms with E-state index in [2.05, 4.69) is 19.6 Å². The number of piperazine rings is 1. The van der Waals surface area contributed by atoms with Gasteiger partial charge < -0.3 is 14.6 Å². The third kappa shape index (κ3) is 3.30. The van der Waals surface area contributed by atoms with Crippen LogP contribution in [0.3, 0.4) is 0 Å². The molecule has 8 heteroatoms. The Morgan fingerprint density at radius 1 is 1.21 bits per heavy atom. The molecule has 4 aromatic rings. The predicted molar refractivity (Wildman–Crippen MR) is 130 cm³/mol. The van der Waals surface area contributed by atoms with Crippen LogP contribution in [-0.2, 0) is 6.42 Å². The van der Waals surface area contributed by atoms with Crippen LogP contribution in [-0.4, -0.2) is 45.3 Å². The minimum atomic E-state index is -0.451. The van der Waals surface area contributed by atoms with Gasteiger partial charge in [-0.25, -0.2) is 9.37 Å². The Balaban J connectivity index is 1.50. The maximum atomic E-state index is 15.4. The molecule has 2 saturated heterocycles. The first-order valence-electron chi connectivity index (χ1n) is 11.4. The molecule has 5 heterocycles. The van der Waals surface area contributed by atoms with Crippen molar-refractivity contribution < 1.29 is 9.18 Å². The van der Waals surface area contributed by atoms with Gasteiger partial charge in [0.05, 0.1) is 33.2 Å². The maximum Gasteiger partial charge on any atom is 0.156 e. The normalized spacial score (nSPS) is 21.8. The van der Waals surface area contributed by atoms with Crippen molar-refractivity contribution in [2.24, 2.45) is 0 Å². The summed E-state index contributed by atoms with van der Waals surface area (Å²) in [6, 6.07) is 14.8. The summed E-state index contributed by atoms with van der Waals surface area (Å²) >= 11 is 6.09. The zero-order chi connectivity index (χ0) is 23.3. The number of aromatic nitrogens is 3. The molecule has 0 saturated carbocycles. The van der Waals surface area contributed by atoms with Crippen LogP contribution in [0.25, 0.3) is 17.0 Å². The van der Waals surface area contributed by atoms with Gasteiger partial charge in [0, 0.05) is 37.9 Å². The van der Waals surface area contributed by atoms with Crippen LogP contribution < -0.4 is 10.2 Å². The number of hydrogen-bond donors (Lipinski definition) is 1. The van der Waals surface area contributed by atoms with E-state index in [0.717, 1.165) is 42.1 Å². The number of aldehydes is 1. The molecule has 34 heavy (non-hydrogen) atoms. The lowest BCUT2D eigenvalue weighted by molar-refractivity contribution is 0.111. The van der Waals surface area contributed by atoms with Crippen molar-refractivity contribution >= 4 is 29.2 Å². The molecule has 2 atom stereocenters. The van der Waals surface area contributed by atoms with Gasteiger partial charge in [0.1, 0.15) is 11.3 Å². The lowest BCUT2D eigenvalue weighted by Crippen LogP contribution is -2.62. The highest BCUT2D eigenvalue weighted by Crippen LogP contribution is 2.44. The van der Waals surface area contributed by atoms with Gasteiger partial charge in [-0.2, -0.15) is 0 Å². The summed E-state index contributed by atoms with van der Waals surface area (Å²) < 4.78 is 17.5. The fourth-order valence-corrected chi connectivity index (χ4v) is 5.77. The van der Waals surface area contributed by atoms with E-state index in [9.17, 15) is 4.79 Å². The van der Waals surface area contributed by atoms with Gasteiger partial charge in [0.25, 0.3) is 0 Å². The number of halogens is 2. The van der Waals surface area contributed by atoms with Gasteiger partial charge in [-0.05, 0) is 49.2 Å². The van der Waals surface area contributed by atoms with Crippen molar-refractivity contribution in [1.29, 1.82) is 0 Å². The molecule has 1 N–H and O–H groups in total. The van der Waals surface area contributed by atoms with Crippen molar-refractivity contribution in [3.8, 4) is 11.4 Å². The third-order valence-electron chi connectivity index (χ3n) is 7.14. The minimum absolute atomic E-state index is 0.0893. The summed E-state index contributed by atoms with van der Waals surface area (Å²) in [7, 11) is 0. The summed E-state index contributed by atoms with van der Waals surface area (Å²) in [6.07, 6.45) is 6.72. The number of nitrogens with one attached hydrogen (secondary N) is 1. The largest absolute Gasteiger partial charge is 0.358 e. The molecular formula is C26H23ClFN5O. The Kier molecular flexibility index (Phi) is 5.12. The molecule has 0 spiro atoms. The minimum Gasteiger partial charge on any atom is -0.358 e. The quantitative estimate of drug-likeness (QED) is 0.429. The van der Waals surface area contributed by atoms with Crippen LogP contribution in [0.4, 0.5) is 10.1 Å².